The van der Waals surface area contributed by atoms with Crippen LogP contribution in [0.25, 0.3) is 22.6 Å². The van der Waals surface area contributed by atoms with Gasteiger partial charge in [-0.1, -0.05) is 28.1 Å². The van der Waals surface area contributed by atoms with Gasteiger partial charge in [0.15, 0.2) is 17.0 Å². The van der Waals surface area contributed by atoms with E-state index >= 15 is 0 Å². The highest BCUT2D eigenvalue weighted by atomic mass is 79.9. The Morgan fingerprint density at radius 1 is 1.00 bits per heavy atom. The van der Waals surface area contributed by atoms with Crippen molar-refractivity contribution in [1.82, 2.24) is 19.6 Å². The third-order valence-corrected chi connectivity index (χ3v) is 4.31. The van der Waals surface area contributed by atoms with E-state index in [0.29, 0.717) is 5.56 Å². The first kappa shape index (κ1) is 17.2. The molecule has 0 saturated heterocycles. The lowest BCUT2D eigenvalue weighted by Gasteiger charge is -2.08. The van der Waals surface area contributed by atoms with Gasteiger partial charge in [-0.2, -0.15) is 9.78 Å². The first-order chi connectivity index (χ1) is 13.1. The molecule has 0 N–H and O–H groups in total. The highest BCUT2D eigenvalue weighted by molar-refractivity contribution is 9.10. The lowest BCUT2D eigenvalue weighted by molar-refractivity contribution is 0.628. The molecule has 8 heteroatoms. The summed E-state index contributed by atoms with van der Waals surface area (Å²) in [6.07, 6.45) is 4.43. The minimum absolute atomic E-state index is 0.108. The Hall–Kier alpha value is -3.26. The van der Waals surface area contributed by atoms with Gasteiger partial charge in [0.1, 0.15) is 5.82 Å². The molecule has 4 aromatic rings. The Labute approximate surface area is 161 Å². The number of hydrogen-bond donors (Lipinski definition) is 0. The van der Waals surface area contributed by atoms with Crippen molar-refractivity contribution in [3.63, 3.8) is 0 Å². The molecular formula is C19H11BrFN5O. The summed E-state index contributed by atoms with van der Waals surface area (Å²) in [4.78, 5) is 25.5. The fourth-order valence-electron chi connectivity index (χ4n) is 2.47. The zero-order chi connectivity index (χ0) is 18.8. The van der Waals surface area contributed by atoms with Gasteiger partial charge in [0.25, 0.3) is 0 Å². The Bertz CT molecular complexity index is 1200. The fraction of sp³-hybridized carbons (Fsp3) is 0. The molecule has 0 aliphatic rings. The molecule has 0 bridgehead atoms. The topological polar surface area (TPSA) is 73.0 Å². The van der Waals surface area contributed by atoms with Crippen LogP contribution in [0.1, 0.15) is 5.56 Å². The second-order valence-corrected chi connectivity index (χ2v) is 6.50. The molecule has 0 saturated carbocycles. The Morgan fingerprint density at radius 2 is 1.70 bits per heavy atom. The van der Waals surface area contributed by atoms with Crippen molar-refractivity contribution >= 4 is 33.3 Å². The first-order valence-electron chi connectivity index (χ1n) is 7.91. The maximum atomic E-state index is 13.3. The highest BCUT2D eigenvalue weighted by Gasteiger charge is 2.14. The smallest absolute Gasteiger partial charge is 0.265 e. The molecule has 0 spiro atoms. The first-order valence-corrected chi connectivity index (χ1v) is 8.71. The van der Waals surface area contributed by atoms with Crippen molar-refractivity contribution in [3.05, 3.63) is 87.1 Å². The lowest BCUT2D eigenvalue weighted by atomic mass is 10.2. The van der Waals surface area contributed by atoms with E-state index in [9.17, 15) is 9.18 Å². The van der Waals surface area contributed by atoms with Crippen LogP contribution in [0.15, 0.2) is 75.3 Å². The van der Waals surface area contributed by atoms with Crippen LogP contribution >= 0.6 is 15.9 Å². The van der Waals surface area contributed by atoms with Crippen molar-refractivity contribution < 1.29 is 4.39 Å². The number of hydrogen-bond acceptors (Lipinski definition) is 5. The maximum absolute atomic E-state index is 13.3. The predicted molar refractivity (Wildman–Crippen MR) is 104 cm³/mol. The van der Waals surface area contributed by atoms with E-state index in [1.54, 1.807) is 6.21 Å². The normalized spacial score (nSPS) is 11.3. The van der Waals surface area contributed by atoms with E-state index in [1.807, 2.05) is 24.3 Å². The van der Waals surface area contributed by atoms with Crippen molar-refractivity contribution in [2.24, 2.45) is 5.10 Å². The van der Waals surface area contributed by atoms with E-state index in [1.165, 1.54) is 36.7 Å². The summed E-state index contributed by atoms with van der Waals surface area (Å²) in [7, 11) is 0. The Balaban J connectivity index is 1.92. The summed E-state index contributed by atoms with van der Waals surface area (Å²) in [5.41, 5.74) is 1.19. The molecule has 0 aliphatic heterocycles. The van der Waals surface area contributed by atoms with E-state index < -0.39 is 5.56 Å². The van der Waals surface area contributed by atoms with Gasteiger partial charge in [0.2, 0.25) is 0 Å². The minimum atomic E-state index is -0.458. The molecule has 27 heavy (non-hydrogen) atoms. The van der Waals surface area contributed by atoms with Gasteiger partial charge in [-0.15, -0.1) is 0 Å². The van der Waals surface area contributed by atoms with Crippen LogP contribution in [0.4, 0.5) is 4.39 Å². The largest absolute Gasteiger partial charge is 0.302 e. The van der Waals surface area contributed by atoms with Crippen LogP contribution in [-0.4, -0.2) is 25.8 Å². The molecule has 2 aromatic heterocycles. The number of benzene rings is 2. The summed E-state index contributed by atoms with van der Waals surface area (Å²) in [5.74, 6) is -0.132. The predicted octanol–water partition coefficient (Wildman–Crippen LogP) is 3.64. The van der Waals surface area contributed by atoms with Crippen LogP contribution < -0.4 is 5.56 Å². The van der Waals surface area contributed by atoms with Gasteiger partial charge in [0.05, 0.1) is 6.21 Å². The highest BCUT2D eigenvalue weighted by Crippen LogP contribution is 2.18. The third-order valence-electron chi connectivity index (χ3n) is 3.78. The molecular weight excluding hydrogens is 413 g/mol. The van der Waals surface area contributed by atoms with E-state index in [-0.39, 0.29) is 22.8 Å². The lowest BCUT2D eigenvalue weighted by Crippen LogP contribution is -2.21. The summed E-state index contributed by atoms with van der Waals surface area (Å²) in [5, 5.41) is 4.29. The maximum Gasteiger partial charge on any atom is 0.302 e. The van der Waals surface area contributed by atoms with Crippen molar-refractivity contribution in [2.45, 2.75) is 0 Å². The second kappa shape index (κ2) is 7.16. The average molecular weight is 424 g/mol. The number of nitrogens with zero attached hydrogens (tertiary/aromatic N) is 5. The van der Waals surface area contributed by atoms with Gasteiger partial charge in [0, 0.05) is 22.4 Å². The standard InChI is InChI=1S/C19H11BrFN5O/c20-14-5-1-12(2-6-14)11-24-26-18(13-3-7-15(21)8-4-13)25-17-16(19(26)27)22-9-10-23-17/h1-11H/b24-11+. The van der Waals surface area contributed by atoms with Crippen LogP contribution in [0.2, 0.25) is 0 Å². The third kappa shape index (κ3) is 3.52. The Kier molecular flexibility index (Phi) is 4.55. The Morgan fingerprint density at radius 3 is 2.44 bits per heavy atom. The zero-order valence-electron chi connectivity index (χ0n) is 13.8. The average Bonchev–Trinajstić information content (AvgIpc) is 2.69. The van der Waals surface area contributed by atoms with Crippen LogP contribution in [0, 0.1) is 5.82 Å². The molecule has 0 aliphatic carbocycles. The van der Waals surface area contributed by atoms with Crippen LogP contribution in [-0.2, 0) is 0 Å². The van der Waals surface area contributed by atoms with E-state index in [2.05, 4.69) is 36.0 Å². The van der Waals surface area contributed by atoms with E-state index in [4.69, 9.17) is 0 Å². The van der Waals surface area contributed by atoms with Crippen molar-refractivity contribution in [1.29, 1.82) is 0 Å². The summed E-state index contributed by atoms with van der Waals surface area (Å²) in [6.45, 7) is 0. The molecule has 0 unspecified atom stereocenters. The van der Waals surface area contributed by atoms with Gasteiger partial charge in [-0.3, -0.25) is 4.79 Å². The molecule has 0 amide bonds. The van der Waals surface area contributed by atoms with Crippen LogP contribution in [0.3, 0.4) is 0 Å². The molecule has 0 radical (unpaired) electrons. The monoisotopic (exact) mass is 423 g/mol. The quantitative estimate of drug-likeness (QED) is 0.471. The number of fused-ring (bicyclic) bond motifs is 1. The number of rotatable bonds is 3. The number of aromatic nitrogens is 4. The molecule has 6 nitrogen and oxygen atoms in total. The molecule has 132 valence electrons. The number of halogens is 2. The SMILES string of the molecule is O=c1c2nccnc2nc(-c2ccc(F)cc2)n1/N=C/c1ccc(Br)cc1. The van der Waals surface area contributed by atoms with Gasteiger partial charge in [-0.25, -0.2) is 19.3 Å². The van der Waals surface area contributed by atoms with Gasteiger partial charge >= 0.3 is 5.56 Å². The zero-order valence-corrected chi connectivity index (χ0v) is 15.3. The molecule has 4 rings (SSSR count). The van der Waals surface area contributed by atoms with E-state index in [0.717, 1.165) is 14.7 Å². The second-order valence-electron chi connectivity index (χ2n) is 5.58. The molecule has 2 aromatic carbocycles. The van der Waals surface area contributed by atoms with Crippen molar-refractivity contribution in [2.75, 3.05) is 0 Å². The summed E-state index contributed by atoms with van der Waals surface area (Å²) in [6, 6.07) is 13.1. The summed E-state index contributed by atoms with van der Waals surface area (Å²) < 4.78 is 15.4. The molecule has 0 atom stereocenters. The minimum Gasteiger partial charge on any atom is -0.265 e. The summed E-state index contributed by atoms with van der Waals surface area (Å²) >= 11 is 3.37. The van der Waals surface area contributed by atoms with Gasteiger partial charge < -0.3 is 0 Å². The molecule has 0 fully saturated rings. The van der Waals surface area contributed by atoms with Crippen LogP contribution in [0.5, 0.6) is 0 Å². The fourth-order valence-corrected chi connectivity index (χ4v) is 2.74. The van der Waals surface area contributed by atoms with Crippen molar-refractivity contribution in [3.8, 4) is 11.4 Å². The molecule has 2 heterocycles. The van der Waals surface area contributed by atoms with Gasteiger partial charge in [-0.05, 0) is 42.0 Å².